The van der Waals surface area contributed by atoms with E-state index in [1.807, 2.05) is 6.07 Å². The molecule has 0 aliphatic rings. The van der Waals surface area contributed by atoms with E-state index in [2.05, 4.69) is 0 Å². The van der Waals surface area contributed by atoms with Gasteiger partial charge in [-0.3, -0.25) is 4.79 Å². The van der Waals surface area contributed by atoms with Gasteiger partial charge in [-0.15, -0.1) is 0 Å². The highest BCUT2D eigenvalue weighted by atomic mass is 19.1. The molecular weight excluding hydrogens is 325 g/mol. The van der Waals surface area contributed by atoms with Crippen LogP contribution in [0.3, 0.4) is 0 Å². The van der Waals surface area contributed by atoms with Crippen LogP contribution in [-0.2, 0) is 11.3 Å². The van der Waals surface area contributed by atoms with E-state index in [9.17, 15) is 19.1 Å². The zero-order valence-corrected chi connectivity index (χ0v) is 13.5. The van der Waals surface area contributed by atoms with Gasteiger partial charge in [0, 0.05) is 5.39 Å². The van der Waals surface area contributed by atoms with Crippen LogP contribution in [0.2, 0.25) is 0 Å². The molecule has 0 saturated heterocycles. The number of aromatic hydroxyl groups is 1. The topological polar surface area (TPSA) is 68.5 Å². The van der Waals surface area contributed by atoms with E-state index in [4.69, 9.17) is 4.74 Å². The first kappa shape index (κ1) is 16.7. The van der Waals surface area contributed by atoms with Gasteiger partial charge in [-0.05, 0) is 24.6 Å². The summed E-state index contributed by atoms with van der Waals surface area (Å²) in [5, 5.41) is 10.4. The predicted octanol–water partition coefficient (Wildman–Crippen LogP) is 3.07. The number of halogens is 1. The van der Waals surface area contributed by atoms with Gasteiger partial charge in [0.05, 0.1) is 18.7 Å². The average Bonchev–Trinajstić information content (AvgIpc) is 2.60. The number of nitrogens with zero attached hydrogens (tertiary/aromatic N) is 1. The molecule has 0 amide bonds. The fourth-order valence-corrected chi connectivity index (χ4v) is 2.76. The lowest BCUT2D eigenvalue weighted by atomic mass is 10.1. The van der Waals surface area contributed by atoms with E-state index in [1.54, 1.807) is 31.2 Å². The molecule has 0 bridgehead atoms. The number of esters is 1. The largest absolute Gasteiger partial charge is 0.506 e. The van der Waals surface area contributed by atoms with Gasteiger partial charge in [-0.2, -0.15) is 0 Å². The van der Waals surface area contributed by atoms with E-state index in [0.717, 1.165) is 10.1 Å². The van der Waals surface area contributed by atoms with Crippen molar-refractivity contribution in [1.29, 1.82) is 0 Å². The first-order valence-electron chi connectivity index (χ1n) is 7.79. The third kappa shape index (κ3) is 2.98. The average molecular weight is 341 g/mol. The fraction of sp³-hybridized carbons (Fsp3) is 0.158. The van der Waals surface area contributed by atoms with Crippen molar-refractivity contribution in [1.82, 2.24) is 4.57 Å². The summed E-state index contributed by atoms with van der Waals surface area (Å²) < 4.78 is 20.4. The Bertz CT molecular complexity index is 996. The first-order chi connectivity index (χ1) is 12.0. The third-order valence-corrected chi connectivity index (χ3v) is 3.87. The monoisotopic (exact) mass is 341 g/mol. The molecule has 6 heteroatoms. The summed E-state index contributed by atoms with van der Waals surface area (Å²) in [5.41, 5.74) is -0.579. The van der Waals surface area contributed by atoms with Crippen LogP contribution < -0.4 is 5.56 Å². The predicted molar refractivity (Wildman–Crippen MR) is 91.3 cm³/mol. The number of fused-ring (bicyclic) bond motifs is 1. The van der Waals surface area contributed by atoms with Crippen molar-refractivity contribution in [2.75, 3.05) is 6.61 Å². The summed E-state index contributed by atoms with van der Waals surface area (Å²) in [6.07, 6.45) is 0. The molecule has 3 aromatic rings. The van der Waals surface area contributed by atoms with Crippen molar-refractivity contribution in [2.45, 2.75) is 13.5 Å². The molecule has 0 atom stereocenters. The molecule has 5 nitrogen and oxygen atoms in total. The number of hydrogen-bond acceptors (Lipinski definition) is 4. The molecule has 0 aliphatic heterocycles. The minimum absolute atomic E-state index is 0.0532. The number of carbonyl (C=O) groups excluding carboxylic acids is 1. The smallest absolute Gasteiger partial charge is 0.347 e. The maximum atomic E-state index is 14.4. The van der Waals surface area contributed by atoms with Crippen molar-refractivity contribution in [3.63, 3.8) is 0 Å². The summed E-state index contributed by atoms with van der Waals surface area (Å²) in [5.74, 6) is -2.16. The zero-order valence-electron chi connectivity index (χ0n) is 13.5. The highest BCUT2D eigenvalue weighted by Gasteiger charge is 2.24. The molecule has 0 radical (unpaired) electrons. The number of carbonyl (C=O) groups is 1. The second-order valence-electron chi connectivity index (χ2n) is 5.46. The molecule has 128 valence electrons. The molecule has 25 heavy (non-hydrogen) atoms. The van der Waals surface area contributed by atoms with Gasteiger partial charge in [0.1, 0.15) is 11.6 Å². The van der Waals surface area contributed by atoms with Crippen molar-refractivity contribution in [3.8, 4) is 5.75 Å². The molecule has 3 rings (SSSR count). The Morgan fingerprint density at radius 3 is 2.56 bits per heavy atom. The van der Waals surface area contributed by atoms with Crippen LogP contribution in [0.15, 0.2) is 53.3 Å². The summed E-state index contributed by atoms with van der Waals surface area (Å²) in [7, 11) is 0. The first-order valence-corrected chi connectivity index (χ1v) is 7.79. The summed E-state index contributed by atoms with van der Waals surface area (Å²) in [6.45, 7) is 1.71. The summed E-state index contributed by atoms with van der Waals surface area (Å²) in [6, 6.07) is 13.1. The second kappa shape index (κ2) is 6.76. The maximum absolute atomic E-state index is 14.4. The Kier molecular flexibility index (Phi) is 4.52. The molecule has 2 aromatic carbocycles. The fourth-order valence-electron chi connectivity index (χ4n) is 2.76. The Morgan fingerprint density at radius 2 is 1.88 bits per heavy atom. The lowest BCUT2D eigenvalue weighted by Gasteiger charge is -2.15. The van der Waals surface area contributed by atoms with Crippen LogP contribution >= 0.6 is 0 Å². The quantitative estimate of drug-likeness (QED) is 0.741. The Labute approximate surface area is 142 Å². The molecule has 0 spiro atoms. The Hall–Kier alpha value is -3.15. The van der Waals surface area contributed by atoms with Crippen LogP contribution in [0.5, 0.6) is 5.75 Å². The van der Waals surface area contributed by atoms with E-state index in [1.165, 1.54) is 18.2 Å². The minimum atomic E-state index is -0.932. The van der Waals surface area contributed by atoms with Crippen LogP contribution in [0.1, 0.15) is 22.8 Å². The summed E-state index contributed by atoms with van der Waals surface area (Å²) in [4.78, 5) is 24.9. The molecule has 1 heterocycles. The molecule has 0 aliphatic carbocycles. The van der Waals surface area contributed by atoms with Gasteiger partial charge in [-0.1, -0.05) is 36.4 Å². The normalized spacial score (nSPS) is 10.8. The molecule has 0 saturated carbocycles. The number of pyridine rings is 1. The van der Waals surface area contributed by atoms with E-state index >= 15 is 0 Å². The van der Waals surface area contributed by atoms with Crippen LogP contribution in [0, 0.1) is 5.82 Å². The van der Waals surface area contributed by atoms with Crippen molar-refractivity contribution in [3.05, 3.63) is 75.8 Å². The van der Waals surface area contributed by atoms with Gasteiger partial charge < -0.3 is 14.4 Å². The SMILES string of the molecule is CCOC(=O)c1c(O)c2cccc(F)c2n(Cc2ccccc2)c1=O. The van der Waals surface area contributed by atoms with E-state index in [0.29, 0.717) is 0 Å². The highest BCUT2D eigenvalue weighted by Crippen LogP contribution is 2.29. The standard InChI is InChI=1S/C19H16FNO4/c1-2-25-19(24)15-17(22)13-9-6-10-14(20)16(13)21(18(15)23)11-12-7-4-3-5-8-12/h3-10,22H,2,11H2,1H3. The van der Waals surface area contributed by atoms with Crippen molar-refractivity contribution < 1.29 is 19.0 Å². The van der Waals surface area contributed by atoms with Crippen LogP contribution in [0.25, 0.3) is 10.9 Å². The second-order valence-corrected chi connectivity index (χ2v) is 5.46. The van der Waals surface area contributed by atoms with E-state index in [-0.39, 0.29) is 24.1 Å². The molecule has 1 N–H and O–H groups in total. The number of ether oxygens (including phenoxy) is 1. The Balaban J connectivity index is 2.33. The van der Waals surface area contributed by atoms with Gasteiger partial charge in [-0.25, -0.2) is 9.18 Å². The van der Waals surface area contributed by atoms with Gasteiger partial charge >= 0.3 is 5.97 Å². The number of benzene rings is 2. The zero-order chi connectivity index (χ0) is 18.0. The lowest BCUT2D eigenvalue weighted by Crippen LogP contribution is -2.29. The number of rotatable bonds is 4. The molecule has 0 fully saturated rings. The maximum Gasteiger partial charge on any atom is 0.347 e. The van der Waals surface area contributed by atoms with Crippen molar-refractivity contribution >= 4 is 16.9 Å². The Morgan fingerprint density at radius 1 is 1.16 bits per heavy atom. The van der Waals surface area contributed by atoms with E-state index < -0.39 is 28.7 Å². The van der Waals surface area contributed by atoms with Crippen LogP contribution in [-0.4, -0.2) is 22.2 Å². The lowest BCUT2D eigenvalue weighted by molar-refractivity contribution is 0.0520. The van der Waals surface area contributed by atoms with Gasteiger partial charge in [0.15, 0.2) is 5.56 Å². The van der Waals surface area contributed by atoms with Crippen LogP contribution in [0.4, 0.5) is 4.39 Å². The molecule has 1 aromatic heterocycles. The number of para-hydroxylation sites is 1. The molecule has 0 unspecified atom stereocenters. The third-order valence-electron chi connectivity index (χ3n) is 3.87. The molecular formula is C19H16FNO4. The number of aromatic nitrogens is 1. The summed E-state index contributed by atoms with van der Waals surface area (Å²) >= 11 is 0. The van der Waals surface area contributed by atoms with Gasteiger partial charge in [0.25, 0.3) is 5.56 Å². The minimum Gasteiger partial charge on any atom is -0.506 e. The van der Waals surface area contributed by atoms with Gasteiger partial charge in [0.2, 0.25) is 0 Å². The van der Waals surface area contributed by atoms with Crippen molar-refractivity contribution in [2.24, 2.45) is 0 Å². The highest BCUT2D eigenvalue weighted by molar-refractivity contribution is 5.99. The number of hydrogen-bond donors (Lipinski definition) is 1.